The van der Waals surface area contributed by atoms with Gasteiger partial charge in [0.1, 0.15) is 12.4 Å². The molecule has 0 bridgehead atoms. The van der Waals surface area contributed by atoms with Gasteiger partial charge in [-0.3, -0.25) is 9.69 Å². The van der Waals surface area contributed by atoms with Gasteiger partial charge in [-0.05, 0) is 62.3 Å². The van der Waals surface area contributed by atoms with Crippen LogP contribution in [0.4, 0.5) is 0 Å². The Morgan fingerprint density at radius 2 is 1.91 bits per heavy atom. The van der Waals surface area contributed by atoms with Crippen molar-refractivity contribution < 1.29 is 19.4 Å². The lowest BCUT2D eigenvalue weighted by Gasteiger charge is -2.37. The number of carbonyl (C=O) groups is 1. The second-order valence-corrected chi connectivity index (χ2v) is 10.9. The fraction of sp³-hybridized carbons (Fsp3) is 0.593. The summed E-state index contributed by atoms with van der Waals surface area (Å²) in [5.74, 6) is 1.28. The summed E-state index contributed by atoms with van der Waals surface area (Å²) in [5, 5.41) is 12.6. The van der Waals surface area contributed by atoms with E-state index in [2.05, 4.69) is 37.1 Å². The lowest BCUT2D eigenvalue weighted by atomic mass is 10.00. The Hall–Kier alpha value is -1.93. The maximum absolute atomic E-state index is 13.6. The Morgan fingerprint density at radius 3 is 2.59 bits per heavy atom. The van der Waals surface area contributed by atoms with Crippen LogP contribution in [-0.4, -0.2) is 72.4 Å². The van der Waals surface area contributed by atoms with Gasteiger partial charge in [-0.25, -0.2) is 0 Å². The van der Waals surface area contributed by atoms with Gasteiger partial charge >= 0.3 is 0 Å². The van der Waals surface area contributed by atoms with Gasteiger partial charge in [0.2, 0.25) is 5.91 Å². The maximum atomic E-state index is 13.6. The zero-order valence-electron chi connectivity index (χ0n) is 21.2. The number of aryl methyl sites for hydroxylation is 1. The molecule has 0 fully saturated rings. The summed E-state index contributed by atoms with van der Waals surface area (Å²) in [4.78, 5) is 18.9. The minimum absolute atomic E-state index is 0.0669. The highest BCUT2D eigenvalue weighted by Gasteiger charge is 2.33. The van der Waals surface area contributed by atoms with Gasteiger partial charge in [-0.1, -0.05) is 31.5 Å². The van der Waals surface area contributed by atoms with Crippen molar-refractivity contribution >= 4 is 17.2 Å². The number of ether oxygens (including phenoxy) is 2. The largest absolute Gasteiger partial charge is 0.491 e. The van der Waals surface area contributed by atoms with Gasteiger partial charge in [0.15, 0.2) is 0 Å². The van der Waals surface area contributed by atoms with E-state index in [0.29, 0.717) is 25.6 Å². The quantitative estimate of drug-likeness (QED) is 0.483. The lowest BCUT2D eigenvalue weighted by Crippen LogP contribution is -2.48. The highest BCUT2D eigenvalue weighted by atomic mass is 32.1. The number of benzene rings is 1. The third-order valence-corrected chi connectivity index (χ3v) is 6.91. The van der Waals surface area contributed by atoms with Crippen LogP contribution in [0.1, 0.15) is 49.7 Å². The number of nitrogens with zero attached hydrogens (tertiary/aromatic N) is 2. The summed E-state index contributed by atoms with van der Waals surface area (Å²) in [7, 11) is 0. The van der Waals surface area contributed by atoms with E-state index in [1.165, 1.54) is 16.0 Å². The Morgan fingerprint density at radius 1 is 1.18 bits per heavy atom. The normalized spacial score (nSPS) is 16.9. The molecule has 188 valence electrons. The smallest absolute Gasteiger partial charge is 0.237 e. The molecule has 34 heavy (non-hydrogen) atoms. The molecule has 0 saturated heterocycles. The monoisotopic (exact) mass is 488 g/mol. The van der Waals surface area contributed by atoms with Crippen molar-refractivity contribution in [3.05, 3.63) is 51.7 Å². The molecule has 1 aromatic heterocycles. The number of amides is 1. The van der Waals surface area contributed by atoms with Crippen LogP contribution in [0.3, 0.4) is 0 Å². The van der Waals surface area contributed by atoms with Crippen molar-refractivity contribution in [3.63, 3.8) is 0 Å². The molecular formula is C27H40N2O4S. The first-order valence-corrected chi connectivity index (χ1v) is 13.2. The third kappa shape index (κ3) is 7.80. The van der Waals surface area contributed by atoms with Crippen LogP contribution in [0, 0.1) is 12.8 Å². The van der Waals surface area contributed by atoms with Crippen LogP contribution in [-0.2, 0) is 16.0 Å². The molecule has 0 spiro atoms. The second kappa shape index (κ2) is 12.7. The number of aliphatic hydroxyl groups is 1. The second-order valence-electron chi connectivity index (χ2n) is 9.90. The standard InChI is InChI=1S/C27H40N2O4S/c1-19(2)14-28(15-22(30)17-32-20(3)4)16-27(31)29-12-10-26-24(11-13-34-26)25(29)18-33-23-8-6-21(5)7-9-23/h6-9,11,13,19-20,22,25,30H,10,12,14-18H2,1-5H3/t22-,25+/m0/s1. The number of aliphatic hydroxyl groups excluding tert-OH is 1. The van der Waals surface area contributed by atoms with Gasteiger partial charge in [0.25, 0.3) is 0 Å². The van der Waals surface area contributed by atoms with Crippen molar-refractivity contribution in [2.75, 3.05) is 39.4 Å². The van der Waals surface area contributed by atoms with E-state index in [-0.39, 0.29) is 31.2 Å². The summed E-state index contributed by atoms with van der Waals surface area (Å²) in [6.07, 6.45) is 0.311. The fourth-order valence-corrected chi connectivity index (χ4v) is 5.27. The highest BCUT2D eigenvalue weighted by molar-refractivity contribution is 7.10. The topological polar surface area (TPSA) is 62.2 Å². The van der Waals surface area contributed by atoms with E-state index in [1.54, 1.807) is 11.3 Å². The predicted octanol–water partition coefficient (Wildman–Crippen LogP) is 4.31. The molecule has 0 saturated carbocycles. The summed E-state index contributed by atoms with van der Waals surface area (Å²) in [6.45, 7) is 13.0. The molecule has 1 amide bonds. The van der Waals surface area contributed by atoms with E-state index >= 15 is 0 Å². The number of rotatable bonds is 12. The van der Waals surface area contributed by atoms with Crippen LogP contribution in [0.15, 0.2) is 35.7 Å². The molecule has 3 rings (SSSR count). The van der Waals surface area contributed by atoms with E-state index in [1.807, 2.05) is 43.0 Å². The molecule has 0 radical (unpaired) electrons. The van der Waals surface area contributed by atoms with Crippen molar-refractivity contribution in [2.45, 2.75) is 59.3 Å². The molecule has 1 aliphatic heterocycles. The van der Waals surface area contributed by atoms with E-state index in [9.17, 15) is 9.90 Å². The van der Waals surface area contributed by atoms with Crippen LogP contribution in [0.5, 0.6) is 5.75 Å². The Kier molecular flexibility index (Phi) is 9.95. The highest BCUT2D eigenvalue weighted by Crippen LogP contribution is 2.34. The summed E-state index contributed by atoms with van der Waals surface area (Å²) >= 11 is 1.75. The predicted molar refractivity (Wildman–Crippen MR) is 138 cm³/mol. The van der Waals surface area contributed by atoms with Gasteiger partial charge in [0.05, 0.1) is 31.4 Å². The van der Waals surface area contributed by atoms with Crippen LogP contribution in [0.25, 0.3) is 0 Å². The molecule has 1 aromatic carbocycles. The first kappa shape index (κ1) is 26.7. The summed E-state index contributed by atoms with van der Waals surface area (Å²) < 4.78 is 11.7. The lowest BCUT2D eigenvalue weighted by molar-refractivity contribution is -0.136. The Labute approximate surface area is 208 Å². The van der Waals surface area contributed by atoms with Gasteiger partial charge in [-0.15, -0.1) is 11.3 Å². The van der Waals surface area contributed by atoms with E-state index in [4.69, 9.17) is 9.47 Å². The minimum Gasteiger partial charge on any atom is -0.491 e. The average Bonchev–Trinajstić information content (AvgIpc) is 3.25. The summed E-state index contributed by atoms with van der Waals surface area (Å²) in [5.41, 5.74) is 2.38. The fourth-order valence-electron chi connectivity index (χ4n) is 4.34. The number of hydrogen-bond donors (Lipinski definition) is 1. The van der Waals surface area contributed by atoms with Crippen LogP contribution >= 0.6 is 11.3 Å². The maximum Gasteiger partial charge on any atom is 0.237 e. The molecule has 2 atom stereocenters. The third-order valence-electron chi connectivity index (χ3n) is 5.92. The molecule has 2 heterocycles. The van der Waals surface area contributed by atoms with Crippen LogP contribution < -0.4 is 4.74 Å². The van der Waals surface area contributed by atoms with Crippen molar-refractivity contribution in [2.24, 2.45) is 5.92 Å². The molecule has 1 aliphatic rings. The van der Waals surface area contributed by atoms with Crippen molar-refractivity contribution in [1.82, 2.24) is 9.80 Å². The summed E-state index contributed by atoms with van der Waals surface area (Å²) in [6, 6.07) is 10.0. The molecule has 6 nitrogen and oxygen atoms in total. The zero-order valence-corrected chi connectivity index (χ0v) is 22.0. The number of fused-ring (bicyclic) bond motifs is 1. The SMILES string of the molecule is Cc1ccc(OC[C@@H]2c3ccsc3CCN2C(=O)CN(CC(C)C)C[C@H](O)COC(C)C)cc1. The number of carbonyl (C=O) groups excluding carboxylic acids is 1. The number of hydrogen-bond acceptors (Lipinski definition) is 6. The molecule has 0 unspecified atom stereocenters. The van der Waals surface area contributed by atoms with Crippen LogP contribution in [0.2, 0.25) is 0 Å². The Bertz CT molecular complexity index is 896. The zero-order chi connectivity index (χ0) is 24.7. The molecule has 7 heteroatoms. The average molecular weight is 489 g/mol. The van der Waals surface area contributed by atoms with E-state index < -0.39 is 6.10 Å². The van der Waals surface area contributed by atoms with Gasteiger partial charge in [0, 0.05) is 24.5 Å². The molecule has 0 aliphatic carbocycles. The first-order valence-electron chi connectivity index (χ1n) is 12.3. The first-order chi connectivity index (χ1) is 16.2. The van der Waals surface area contributed by atoms with Crippen molar-refractivity contribution in [3.8, 4) is 5.75 Å². The van der Waals surface area contributed by atoms with Gasteiger partial charge in [-0.2, -0.15) is 0 Å². The van der Waals surface area contributed by atoms with E-state index in [0.717, 1.165) is 18.7 Å². The Balaban J connectivity index is 1.69. The number of thiophene rings is 1. The minimum atomic E-state index is -0.626. The molecule has 1 N–H and O–H groups in total. The molecule has 2 aromatic rings. The van der Waals surface area contributed by atoms with Gasteiger partial charge < -0.3 is 19.5 Å². The van der Waals surface area contributed by atoms with Crippen molar-refractivity contribution in [1.29, 1.82) is 0 Å². The molecular weight excluding hydrogens is 448 g/mol.